The van der Waals surface area contributed by atoms with E-state index in [0.29, 0.717) is 5.41 Å². The Labute approximate surface area is 88.4 Å². The van der Waals surface area contributed by atoms with E-state index in [9.17, 15) is 0 Å². The van der Waals surface area contributed by atoms with Gasteiger partial charge in [0.1, 0.15) is 0 Å². The van der Waals surface area contributed by atoms with E-state index in [1.54, 1.807) is 0 Å². The highest BCUT2D eigenvalue weighted by Crippen LogP contribution is 2.35. The summed E-state index contributed by atoms with van der Waals surface area (Å²) in [5, 5.41) is 0. The van der Waals surface area contributed by atoms with Crippen molar-refractivity contribution in [1.82, 2.24) is 0 Å². The molecule has 14 heavy (non-hydrogen) atoms. The summed E-state index contributed by atoms with van der Waals surface area (Å²) in [5.41, 5.74) is 2.04. The Balaban J connectivity index is 2.86. The number of rotatable bonds is 2. The molecule has 77 valence electrons. The monoisotopic (exact) mass is 189 g/mol. The van der Waals surface area contributed by atoms with Gasteiger partial charge < -0.3 is 0 Å². The zero-order valence-corrected chi connectivity index (χ0v) is 10.0. The molecule has 0 fully saturated rings. The number of hydrogen-bond donors (Lipinski definition) is 0. The van der Waals surface area contributed by atoms with Crippen molar-refractivity contribution in [1.29, 1.82) is 0 Å². The second kappa shape index (κ2) is 3.76. The molecule has 0 spiro atoms. The van der Waals surface area contributed by atoms with E-state index >= 15 is 0 Å². The molecule has 0 unspecified atom stereocenters. The number of hydrogen-bond acceptors (Lipinski definition) is 0. The molecule has 1 aromatic carbocycles. The zero-order valence-electron chi connectivity index (χ0n) is 10.0. The van der Waals surface area contributed by atoms with Gasteiger partial charge in [0.25, 0.3) is 0 Å². The molecule has 0 N–H and O–H groups in total. The second-order valence-electron chi connectivity index (χ2n) is 5.91. The van der Waals surface area contributed by atoms with Gasteiger partial charge in [-0.1, -0.05) is 58.9 Å². The molecule has 0 aromatic heterocycles. The minimum atomic E-state index is 0.257. The molecule has 0 aliphatic rings. The van der Waals surface area contributed by atoms with E-state index in [-0.39, 0.29) is 5.41 Å². The lowest BCUT2D eigenvalue weighted by molar-refractivity contribution is 0.284. The van der Waals surface area contributed by atoms with E-state index in [1.165, 1.54) is 12.0 Å². The first-order valence-corrected chi connectivity index (χ1v) is 5.28. The van der Waals surface area contributed by atoms with Crippen LogP contribution in [0, 0.1) is 11.5 Å². The van der Waals surface area contributed by atoms with E-state index in [2.05, 4.69) is 52.8 Å². The van der Waals surface area contributed by atoms with Crippen molar-refractivity contribution < 1.29 is 0 Å². The first kappa shape index (κ1) is 11.3. The molecule has 0 saturated heterocycles. The van der Waals surface area contributed by atoms with Crippen molar-refractivity contribution in [2.75, 3.05) is 0 Å². The summed E-state index contributed by atoms with van der Waals surface area (Å²) in [6.07, 6.45) is 1.20. The van der Waals surface area contributed by atoms with Crippen molar-refractivity contribution in [2.24, 2.45) is 5.41 Å². The SMILES string of the molecule is CC(C)(C)CC(C)(C)c1cc[c]cc1. The normalized spacial score (nSPS) is 12.9. The minimum absolute atomic E-state index is 0.257. The Hall–Kier alpha value is -0.780. The van der Waals surface area contributed by atoms with Crippen LogP contribution in [-0.2, 0) is 5.41 Å². The van der Waals surface area contributed by atoms with Gasteiger partial charge in [-0.15, -0.1) is 0 Å². The van der Waals surface area contributed by atoms with Crippen molar-refractivity contribution >= 4 is 0 Å². The molecule has 1 rings (SSSR count). The highest BCUT2D eigenvalue weighted by molar-refractivity contribution is 5.23. The Morgan fingerprint density at radius 2 is 1.50 bits per heavy atom. The predicted octanol–water partition coefficient (Wildman–Crippen LogP) is 4.20. The first-order valence-electron chi connectivity index (χ1n) is 5.28. The molecule has 0 bridgehead atoms. The molecule has 0 amide bonds. The van der Waals surface area contributed by atoms with Gasteiger partial charge in [-0.05, 0) is 28.9 Å². The fourth-order valence-electron chi connectivity index (χ4n) is 2.27. The maximum Gasteiger partial charge on any atom is -0.00986 e. The highest BCUT2D eigenvalue weighted by Gasteiger charge is 2.26. The van der Waals surface area contributed by atoms with Gasteiger partial charge in [0, 0.05) is 0 Å². The van der Waals surface area contributed by atoms with E-state index in [1.807, 2.05) is 12.1 Å². The van der Waals surface area contributed by atoms with Crippen molar-refractivity contribution in [2.45, 2.75) is 46.5 Å². The molecule has 0 saturated carbocycles. The van der Waals surface area contributed by atoms with Crippen LogP contribution in [0.25, 0.3) is 0 Å². The third kappa shape index (κ3) is 3.17. The van der Waals surface area contributed by atoms with Gasteiger partial charge in [-0.25, -0.2) is 0 Å². The smallest absolute Gasteiger partial charge is 0.00986 e. The molecular weight excluding hydrogens is 168 g/mol. The lowest BCUT2D eigenvalue weighted by Gasteiger charge is -2.32. The zero-order chi connectivity index (χ0) is 10.8. The van der Waals surface area contributed by atoms with Crippen LogP contribution in [0.2, 0.25) is 0 Å². The average Bonchev–Trinajstić information content (AvgIpc) is 2.01. The maximum atomic E-state index is 3.07. The van der Waals surface area contributed by atoms with Crippen molar-refractivity contribution in [3.63, 3.8) is 0 Å². The molecule has 1 radical (unpaired) electrons. The van der Waals surface area contributed by atoms with Gasteiger partial charge in [0.15, 0.2) is 0 Å². The standard InChI is InChI=1S/C14H21/c1-13(2,3)11-14(4,5)12-9-7-6-8-10-12/h7-10H,11H2,1-5H3. The highest BCUT2D eigenvalue weighted by atomic mass is 14.3. The van der Waals surface area contributed by atoms with Crippen LogP contribution < -0.4 is 0 Å². The lowest BCUT2D eigenvalue weighted by atomic mass is 9.72. The molecule has 0 heteroatoms. The summed E-state index contributed by atoms with van der Waals surface area (Å²) in [5.74, 6) is 0. The molecule has 1 aromatic rings. The van der Waals surface area contributed by atoms with Crippen LogP contribution in [0.1, 0.15) is 46.6 Å². The summed E-state index contributed by atoms with van der Waals surface area (Å²) < 4.78 is 0. The first-order chi connectivity index (χ1) is 6.31. The van der Waals surface area contributed by atoms with E-state index in [0.717, 1.165) is 0 Å². The van der Waals surface area contributed by atoms with Gasteiger partial charge in [-0.2, -0.15) is 0 Å². The number of benzene rings is 1. The lowest BCUT2D eigenvalue weighted by Crippen LogP contribution is -2.24. The van der Waals surface area contributed by atoms with Gasteiger partial charge in [0.05, 0.1) is 0 Å². The fourth-order valence-corrected chi connectivity index (χ4v) is 2.27. The van der Waals surface area contributed by atoms with Gasteiger partial charge in [0.2, 0.25) is 0 Å². The van der Waals surface area contributed by atoms with Crippen LogP contribution in [0.15, 0.2) is 24.3 Å². The quantitative estimate of drug-likeness (QED) is 0.654. The van der Waals surface area contributed by atoms with Crippen LogP contribution in [-0.4, -0.2) is 0 Å². The molecule has 0 aliphatic heterocycles. The molecule has 0 heterocycles. The minimum Gasteiger partial charge on any atom is -0.0601 e. The molecule has 0 nitrogen and oxygen atoms in total. The van der Waals surface area contributed by atoms with Crippen LogP contribution in [0.4, 0.5) is 0 Å². The summed E-state index contributed by atoms with van der Waals surface area (Å²) in [4.78, 5) is 0. The summed E-state index contributed by atoms with van der Waals surface area (Å²) >= 11 is 0. The van der Waals surface area contributed by atoms with Crippen molar-refractivity contribution in [3.05, 3.63) is 35.9 Å². The van der Waals surface area contributed by atoms with Crippen LogP contribution in [0.5, 0.6) is 0 Å². The second-order valence-corrected chi connectivity index (χ2v) is 5.91. The van der Waals surface area contributed by atoms with E-state index < -0.39 is 0 Å². The Bertz CT molecular complexity index is 275. The third-order valence-electron chi connectivity index (χ3n) is 2.47. The van der Waals surface area contributed by atoms with Crippen molar-refractivity contribution in [3.8, 4) is 0 Å². The Kier molecular flexibility index (Phi) is 3.04. The largest absolute Gasteiger partial charge is 0.0601 e. The predicted molar refractivity (Wildman–Crippen MR) is 62.4 cm³/mol. The fraction of sp³-hybridized carbons (Fsp3) is 0.571. The van der Waals surface area contributed by atoms with Crippen LogP contribution in [0.3, 0.4) is 0 Å². The maximum absolute atomic E-state index is 3.07. The summed E-state index contributed by atoms with van der Waals surface area (Å²) in [6.45, 7) is 11.5. The molecule has 0 atom stereocenters. The third-order valence-corrected chi connectivity index (χ3v) is 2.47. The Morgan fingerprint density at radius 1 is 1.00 bits per heavy atom. The summed E-state index contributed by atoms with van der Waals surface area (Å²) in [6, 6.07) is 11.4. The molecule has 0 aliphatic carbocycles. The Morgan fingerprint density at radius 3 is 1.93 bits per heavy atom. The van der Waals surface area contributed by atoms with Gasteiger partial charge >= 0.3 is 0 Å². The summed E-state index contributed by atoms with van der Waals surface area (Å²) in [7, 11) is 0. The molecular formula is C14H21. The van der Waals surface area contributed by atoms with Gasteiger partial charge in [-0.3, -0.25) is 0 Å². The van der Waals surface area contributed by atoms with Crippen LogP contribution >= 0.6 is 0 Å². The average molecular weight is 189 g/mol. The topological polar surface area (TPSA) is 0 Å². The van der Waals surface area contributed by atoms with E-state index in [4.69, 9.17) is 0 Å².